The summed E-state index contributed by atoms with van der Waals surface area (Å²) in [5, 5.41) is 14.0. The first-order valence-corrected chi connectivity index (χ1v) is 7.78. The van der Waals surface area contributed by atoms with E-state index >= 15 is 0 Å². The average Bonchev–Trinajstić information content (AvgIpc) is 2.85. The molecule has 120 valence electrons. The van der Waals surface area contributed by atoms with Crippen LogP contribution in [0.25, 0.3) is 16.8 Å². The smallest absolute Gasteiger partial charge is 0.165 e. The van der Waals surface area contributed by atoms with Crippen molar-refractivity contribution in [3.63, 3.8) is 0 Å². The maximum atomic E-state index is 9.28. The molecule has 5 heteroatoms. The van der Waals surface area contributed by atoms with Crippen molar-refractivity contribution >= 4 is 11.5 Å². The van der Waals surface area contributed by atoms with Crippen LogP contribution in [0.3, 0.4) is 0 Å². The molecule has 0 aliphatic carbocycles. The lowest BCUT2D eigenvalue weighted by molar-refractivity contribution is 0.303. The van der Waals surface area contributed by atoms with Gasteiger partial charge in [0.1, 0.15) is 5.82 Å². The number of aromatic nitrogens is 3. The van der Waals surface area contributed by atoms with E-state index in [0.717, 1.165) is 39.5 Å². The molecule has 0 saturated carbocycles. The number of aliphatic hydroxyl groups is 1. The number of anilines is 1. The van der Waals surface area contributed by atoms with E-state index < -0.39 is 0 Å². The number of likely N-dealkylation sites (N-methyl/N-ethyl adjacent to an activating group) is 1. The largest absolute Gasteiger partial charge is 0.395 e. The minimum atomic E-state index is 0.102. The predicted octanol–water partition coefficient (Wildman–Crippen LogP) is 2.75. The van der Waals surface area contributed by atoms with Gasteiger partial charge in [0.15, 0.2) is 5.65 Å². The molecule has 0 unspecified atom stereocenters. The first-order valence-electron chi connectivity index (χ1n) is 7.78. The van der Waals surface area contributed by atoms with Gasteiger partial charge in [0.2, 0.25) is 0 Å². The maximum absolute atomic E-state index is 9.28. The Balaban J connectivity index is 2.32. The van der Waals surface area contributed by atoms with Crippen LogP contribution in [0.15, 0.2) is 30.3 Å². The highest BCUT2D eigenvalue weighted by Crippen LogP contribution is 2.31. The zero-order valence-corrected chi connectivity index (χ0v) is 14.0. The van der Waals surface area contributed by atoms with Crippen LogP contribution >= 0.6 is 0 Å². The standard InChI is InChI=1S/C18H22N4O/c1-12-13(2)19-17-16(15-8-6-5-7-9-15)14(3)20-22(17)18(12)21(4)10-11-23/h5-9,23H,10-11H2,1-4H3. The average molecular weight is 310 g/mol. The molecule has 0 spiro atoms. The molecule has 1 aromatic carbocycles. The molecule has 0 aliphatic rings. The van der Waals surface area contributed by atoms with Crippen LogP contribution in [0, 0.1) is 20.8 Å². The molecule has 0 radical (unpaired) electrons. The zero-order valence-electron chi connectivity index (χ0n) is 14.0. The molecule has 3 aromatic rings. The molecule has 1 N–H and O–H groups in total. The highest BCUT2D eigenvalue weighted by molar-refractivity contribution is 5.81. The molecule has 0 fully saturated rings. The van der Waals surface area contributed by atoms with Crippen LogP contribution < -0.4 is 4.90 Å². The Hall–Kier alpha value is -2.40. The third kappa shape index (κ3) is 2.57. The number of aryl methyl sites for hydroxylation is 2. The molecule has 0 bridgehead atoms. The van der Waals surface area contributed by atoms with Gasteiger partial charge in [-0.1, -0.05) is 30.3 Å². The van der Waals surface area contributed by atoms with E-state index in [0.29, 0.717) is 6.54 Å². The predicted molar refractivity (Wildman–Crippen MR) is 93.0 cm³/mol. The second-order valence-corrected chi connectivity index (χ2v) is 5.85. The normalized spacial score (nSPS) is 11.2. The quantitative estimate of drug-likeness (QED) is 0.805. The summed E-state index contributed by atoms with van der Waals surface area (Å²) in [5.74, 6) is 0.979. The number of hydrogen-bond acceptors (Lipinski definition) is 4. The van der Waals surface area contributed by atoms with E-state index in [2.05, 4.69) is 12.1 Å². The Morgan fingerprint density at radius 3 is 2.43 bits per heavy atom. The highest BCUT2D eigenvalue weighted by Gasteiger charge is 2.19. The van der Waals surface area contributed by atoms with Crippen LogP contribution in [0.4, 0.5) is 5.82 Å². The van der Waals surface area contributed by atoms with Crippen molar-refractivity contribution in [2.24, 2.45) is 0 Å². The van der Waals surface area contributed by atoms with Gasteiger partial charge in [0.25, 0.3) is 0 Å². The fourth-order valence-corrected chi connectivity index (χ4v) is 2.98. The number of nitrogens with zero attached hydrogens (tertiary/aromatic N) is 4. The number of rotatable bonds is 4. The van der Waals surface area contributed by atoms with Crippen molar-refractivity contribution in [1.29, 1.82) is 0 Å². The molecule has 2 aromatic heterocycles. The second-order valence-electron chi connectivity index (χ2n) is 5.85. The van der Waals surface area contributed by atoms with E-state index in [1.54, 1.807) is 0 Å². The van der Waals surface area contributed by atoms with Crippen molar-refractivity contribution in [2.75, 3.05) is 25.1 Å². The number of aliphatic hydroxyl groups excluding tert-OH is 1. The van der Waals surface area contributed by atoms with Gasteiger partial charge in [-0.15, -0.1) is 0 Å². The molecule has 23 heavy (non-hydrogen) atoms. The lowest BCUT2D eigenvalue weighted by Gasteiger charge is -2.22. The zero-order chi connectivity index (χ0) is 16.6. The molecule has 0 aliphatic heterocycles. The van der Waals surface area contributed by atoms with Gasteiger partial charge in [-0.05, 0) is 26.3 Å². The van der Waals surface area contributed by atoms with Gasteiger partial charge in [-0.2, -0.15) is 9.61 Å². The van der Waals surface area contributed by atoms with Crippen LogP contribution in [0.1, 0.15) is 17.0 Å². The van der Waals surface area contributed by atoms with Gasteiger partial charge in [-0.3, -0.25) is 0 Å². The summed E-state index contributed by atoms with van der Waals surface area (Å²) in [7, 11) is 1.97. The monoisotopic (exact) mass is 310 g/mol. The molecule has 0 saturated heterocycles. The number of hydrogen-bond donors (Lipinski definition) is 1. The number of benzene rings is 1. The summed E-state index contributed by atoms with van der Waals surface area (Å²) in [6.45, 7) is 6.73. The van der Waals surface area contributed by atoms with Crippen molar-refractivity contribution in [3.05, 3.63) is 47.3 Å². The lowest BCUT2D eigenvalue weighted by Crippen LogP contribution is -2.25. The topological polar surface area (TPSA) is 53.7 Å². The van der Waals surface area contributed by atoms with E-state index in [-0.39, 0.29) is 6.61 Å². The van der Waals surface area contributed by atoms with Crippen LogP contribution in [0.5, 0.6) is 0 Å². The molecular weight excluding hydrogens is 288 g/mol. The first-order chi connectivity index (χ1) is 11.0. The number of fused-ring (bicyclic) bond motifs is 1. The van der Waals surface area contributed by atoms with Crippen molar-refractivity contribution in [3.8, 4) is 11.1 Å². The van der Waals surface area contributed by atoms with Gasteiger partial charge < -0.3 is 10.0 Å². The summed E-state index contributed by atoms with van der Waals surface area (Å²) in [6, 6.07) is 10.2. The van der Waals surface area contributed by atoms with E-state index in [4.69, 9.17) is 10.1 Å². The van der Waals surface area contributed by atoms with Crippen LogP contribution in [-0.2, 0) is 0 Å². The summed E-state index contributed by atoms with van der Waals surface area (Å²) < 4.78 is 1.90. The first kappa shape index (κ1) is 15.5. The Labute approximate surface area is 136 Å². The SMILES string of the molecule is Cc1nc2c(-c3ccccc3)c(C)nn2c(N(C)CCO)c1C. The van der Waals surface area contributed by atoms with Crippen LogP contribution in [-0.4, -0.2) is 39.9 Å². The van der Waals surface area contributed by atoms with E-state index in [1.807, 2.05) is 55.4 Å². The minimum Gasteiger partial charge on any atom is -0.395 e. The van der Waals surface area contributed by atoms with Gasteiger partial charge >= 0.3 is 0 Å². The summed E-state index contributed by atoms with van der Waals surface area (Å²) >= 11 is 0. The fourth-order valence-electron chi connectivity index (χ4n) is 2.98. The molecule has 5 nitrogen and oxygen atoms in total. The molecule has 2 heterocycles. The van der Waals surface area contributed by atoms with Gasteiger partial charge in [-0.25, -0.2) is 4.98 Å². The fraction of sp³-hybridized carbons (Fsp3) is 0.333. The Morgan fingerprint density at radius 2 is 1.78 bits per heavy atom. The third-order valence-electron chi connectivity index (χ3n) is 4.25. The highest BCUT2D eigenvalue weighted by atomic mass is 16.3. The lowest BCUT2D eigenvalue weighted by atomic mass is 10.1. The third-order valence-corrected chi connectivity index (χ3v) is 4.25. The van der Waals surface area contributed by atoms with Gasteiger partial charge in [0.05, 0.1) is 12.3 Å². The molecule has 0 amide bonds. The summed E-state index contributed by atoms with van der Waals surface area (Å²) in [4.78, 5) is 6.81. The van der Waals surface area contributed by atoms with Crippen molar-refractivity contribution in [2.45, 2.75) is 20.8 Å². The van der Waals surface area contributed by atoms with Crippen LogP contribution in [0.2, 0.25) is 0 Å². The second kappa shape index (κ2) is 6.01. The van der Waals surface area contributed by atoms with Crippen molar-refractivity contribution < 1.29 is 5.11 Å². The molecule has 3 rings (SSSR count). The van der Waals surface area contributed by atoms with E-state index in [1.165, 1.54) is 0 Å². The van der Waals surface area contributed by atoms with Crippen molar-refractivity contribution in [1.82, 2.24) is 14.6 Å². The molecule has 0 atom stereocenters. The Bertz CT molecular complexity index is 839. The summed E-state index contributed by atoms with van der Waals surface area (Å²) in [6.07, 6.45) is 0. The Kier molecular flexibility index (Phi) is 4.05. The summed E-state index contributed by atoms with van der Waals surface area (Å²) in [5.41, 5.74) is 6.05. The van der Waals surface area contributed by atoms with E-state index in [9.17, 15) is 5.11 Å². The molecular formula is C18H22N4O. The maximum Gasteiger partial charge on any atom is 0.165 e. The minimum absolute atomic E-state index is 0.102. The Morgan fingerprint density at radius 1 is 1.09 bits per heavy atom. The van der Waals surface area contributed by atoms with Gasteiger partial charge in [0, 0.05) is 30.4 Å².